The molecule has 0 saturated heterocycles. The van der Waals surface area contributed by atoms with E-state index < -0.39 is 11.9 Å². The topological polar surface area (TPSA) is 74.6 Å². The van der Waals surface area contributed by atoms with Crippen LogP contribution in [0.3, 0.4) is 0 Å². The molecular weight excluding hydrogens is 172 g/mol. The molecule has 0 fully saturated rings. The highest BCUT2D eigenvalue weighted by atomic mass is 16.4. The van der Waals surface area contributed by atoms with Crippen LogP contribution < -0.4 is 0 Å². The first-order valence-electron chi connectivity index (χ1n) is 3.89. The van der Waals surface area contributed by atoms with E-state index in [1.165, 1.54) is 6.08 Å². The van der Waals surface area contributed by atoms with Gasteiger partial charge in [0, 0.05) is 12.5 Å². The maximum atomic E-state index is 10.1. The minimum atomic E-state index is -0.973. The lowest BCUT2D eigenvalue weighted by Crippen LogP contribution is -1.91. The highest BCUT2D eigenvalue weighted by Gasteiger charge is 1.90. The van der Waals surface area contributed by atoms with Crippen LogP contribution in [0.5, 0.6) is 0 Å². The van der Waals surface area contributed by atoms with Crippen LogP contribution in [0.4, 0.5) is 0 Å². The Morgan fingerprint density at radius 3 is 2.31 bits per heavy atom. The van der Waals surface area contributed by atoms with Gasteiger partial charge in [-0.2, -0.15) is 0 Å². The first-order chi connectivity index (χ1) is 6.13. The molecule has 4 nitrogen and oxygen atoms in total. The average Bonchev–Trinajstić information content (AvgIpc) is 2.01. The predicted octanol–water partition coefficient (Wildman–Crippen LogP) is 1.44. The maximum Gasteiger partial charge on any atom is 0.327 e. The quantitative estimate of drug-likeness (QED) is 0.483. The first-order valence-corrected chi connectivity index (χ1v) is 3.89. The molecule has 0 aliphatic heterocycles. The standard InChI is InChI=1S/C9H12O4/c10-8(11)6-4-2-1-3-5-7-9(12)13/h1-2,5,7H,3-4,6H2,(H,10,11)(H,12,13). The van der Waals surface area contributed by atoms with Crippen molar-refractivity contribution in [3.8, 4) is 0 Å². The lowest BCUT2D eigenvalue weighted by Gasteiger charge is -1.86. The van der Waals surface area contributed by atoms with Gasteiger partial charge in [-0.25, -0.2) is 4.79 Å². The van der Waals surface area contributed by atoms with Gasteiger partial charge in [0.2, 0.25) is 0 Å². The summed E-state index contributed by atoms with van der Waals surface area (Å²) < 4.78 is 0. The molecule has 0 aromatic heterocycles. The summed E-state index contributed by atoms with van der Waals surface area (Å²) in [5.41, 5.74) is 0. The van der Waals surface area contributed by atoms with E-state index in [-0.39, 0.29) is 6.42 Å². The molecule has 13 heavy (non-hydrogen) atoms. The predicted molar refractivity (Wildman–Crippen MR) is 47.4 cm³/mol. The van der Waals surface area contributed by atoms with E-state index >= 15 is 0 Å². The normalized spacial score (nSPS) is 11.1. The van der Waals surface area contributed by atoms with E-state index in [0.717, 1.165) is 6.08 Å². The summed E-state index contributed by atoms with van der Waals surface area (Å²) in [6.07, 6.45) is 7.13. The van der Waals surface area contributed by atoms with Crippen LogP contribution in [-0.4, -0.2) is 22.2 Å². The fourth-order valence-electron chi connectivity index (χ4n) is 0.668. The first kappa shape index (κ1) is 11.4. The van der Waals surface area contributed by atoms with E-state index in [2.05, 4.69) is 0 Å². The van der Waals surface area contributed by atoms with Crippen LogP contribution in [0.2, 0.25) is 0 Å². The van der Waals surface area contributed by atoms with E-state index in [0.29, 0.717) is 12.8 Å². The Bertz CT molecular complexity index is 228. The summed E-state index contributed by atoms with van der Waals surface area (Å²) in [5, 5.41) is 16.5. The van der Waals surface area contributed by atoms with Crippen LogP contribution in [0.15, 0.2) is 24.3 Å². The van der Waals surface area contributed by atoms with Crippen molar-refractivity contribution in [3.05, 3.63) is 24.3 Å². The zero-order valence-electron chi connectivity index (χ0n) is 7.14. The number of carboxylic acid groups (broad SMARTS) is 2. The van der Waals surface area contributed by atoms with Crippen molar-refractivity contribution >= 4 is 11.9 Å². The van der Waals surface area contributed by atoms with E-state index in [4.69, 9.17) is 10.2 Å². The van der Waals surface area contributed by atoms with Gasteiger partial charge in [0.05, 0.1) is 0 Å². The van der Waals surface area contributed by atoms with Gasteiger partial charge in [0.25, 0.3) is 0 Å². The van der Waals surface area contributed by atoms with Gasteiger partial charge in [-0.1, -0.05) is 18.2 Å². The largest absolute Gasteiger partial charge is 0.481 e. The van der Waals surface area contributed by atoms with Gasteiger partial charge in [-0.15, -0.1) is 0 Å². The molecule has 0 aromatic rings. The number of allylic oxidation sites excluding steroid dienone is 3. The zero-order chi connectivity index (χ0) is 10.1. The van der Waals surface area contributed by atoms with Gasteiger partial charge in [-0.3, -0.25) is 4.79 Å². The van der Waals surface area contributed by atoms with Crippen molar-refractivity contribution < 1.29 is 19.8 Å². The summed E-state index contributed by atoms with van der Waals surface area (Å²) >= 11 is 0. The fourth-order valence-corrected chi connectivity index (χ4v) is 0.668. The third-order valence-corrected chi connectivity index (χ3v) is 1.22. The average molecular weight is 184 g/mol. The Balaban J connectivity index is 3.42. The minimum absolute atomic E-state index is 0.110. The third kappa shape index (κ3) is 10.4. The number of hydrogen-bond donors (Lipinski definition) is 2. The Morgan fingerprint density at radius 1 is 1.08 bits per heavy atom. The highest BCUT2D eigenvalue weighted by Crippen LogP contribution is 1.93. The molecule has 0 aliphatic rings. The molecule has 0 bridgehead atoms. The molecule has 0 aliphatic carbocycles. The van der Waals surface area contributed by atoms with Crippen LogP contribution in [0.1, 0.15) is 19.3 Å². The van der Waals surface area contributed by atoms with Crippen molar-refractivity contribution in [3.63, 3.8) is 0 Å². The molecular formula is C9H12O4. The van der Waals surface area contributed by atoms with Crippen molar-refractivity contribution in [1.82, 2.24) is 0 Å². The van der Waals surface area contributed by atoms with Crippen LogP contribution in [0.25, 0.3) is 0 Å². The summed E-state index contributed by atoms with van der Waals surface area (Å²) in [6, 6.07) is 0. The Hall–Kier alpha value is -1.58. The maximum absolute atomic E-state index is 10.1. The van der Waals surface area contributed by atoms with Gasteiger partial charge in [0.15, 0.2) is 0 Å². The smallest absolute Gasteiger partial charge is 0.327 e. The van der Waals surface area contributed by atoms with Crippen LogP contribution >= 0.6 is 0 Å². The SMILES string of the molecule is O=C(O)C=CCC=CCCC(=O)O. The molecule has 0 unspecified atom stereocenters. The third-order valence-electron chi connectivity index (χ3n) is 1.22. The second-order valence-corrected chi connectivity index (χ2v) is 2.38. The van der Waals surface area contributed by atoms with Crippen molar-refractivity contribution in [2.45, 2.75) is 19.3 Å². The van der Waals surface area contributed by atoms with Crippen molar-refractivity contribution in [2.75, 3.05) is 0 Å². The van der Waals surface area contributed by atoms with Crippen LogP contribution in [-0.2, 0) is 9.59 Å². The molecule has 0 atom stereocenters. The highest BCUT2D eigenvalue weighted by molar-refractivity contribution is 5.79. The number of aliphatic carboxylic acids is 2. The lowest BCUT2D eigenvalue weighted by molar-refractivity contribution is -0.137. The van der Waals surface area contributed by atoms with Crippen molar-refractivity contribution in [1.29, 1.82) is 0 Å². The molecule has 72 valence electrons. The van der Waals surface area contributed by atoms with Gasteiger partial charge < -0.3 is 10.2 Å². The molecule has 4 heteroatoms. The molecule has 0 amide bonds. The number of hydrogen-bond acceptors (Lipinski definition) is 2. The minimum Gasteiger partial charge on any atom is -0.481 e. The second kappa shape index (κ2) is 7.09. The summed E-state index contributed by atoms with van der Waals surface area (Å²) in [5.74, 6) is -1.80. The molecule has 0 spiro atoms. The van der Waals surface area contributed by atoms with E-state index in [1.54, 1.807) is 12.2 Å². The van der Waals surface area contributed by atoms with E-state index in [9.17, 15) is 9.59 Å². The number of carboxylic acids is 2. The zero-order valence-corrected chi connectivity index (χ0v) is 7.14. The molecule has 0 aromatic carbocycles. The number of carbonyl (C=O) groups is 2. The lowest BCUT2D eigenvalue weighted by atomic mass is 10.2. The monoisotopic (exact) mass is 184 g/mol. The van der Waals surface area contributed by atoms with Gasteiger partial charge in [0.1, 0.15) is 0 Å². The van der Waals surface area contributed by atoms with Crippen LogP contribution in [0, 0.1) is 0 Å². The molecule has 2 N–H and O–H groups in total. The summed E-state index contributed by atoms with van der Waals surface area (Å²) in [7, 11) is 0. The summed E-state index contributed by atoms with van der Waals surface area (Å²) in [6.45, 7) is 0. The Kier molecular flexibility index (Phi) is 6.23. The Labute approximate surface area is 76.2 Å². The number of rotatable bonds is 6. The Morgan fingerprint density at radius 2 is 1.77 bits per heavy atom. The van der Waals surface area contributed by atoms with E-state index in [1.807, 2.05) is 0 Å². The van der Waals surface area contributed by atoms with Crippen molar-refractivity contribution in [2.24, 2.45) is 0 Å². The molecule has 0 saturated carbocycles. The molecule has 0 rings (SSSR count). The summed E-state index contributed by atoms with van der Waals surface area (Å²) in [4.78, 5) is 20.0. The molecule has 0 heterocycles. The fraction of sp³-hybridized carbons (Fsp3) is 0.333. The van der Waals surface area contributed by atoms with Gasteiger partial charge in [-0.05, 0) is 12.8 Å². The second-order valence-electron chi connectivity index (χ2n) is 2.38. The van der Waals surface area contributed by atoms with Gasteiger partial charge >= 0.3 is 11.9 Å². The molecule has 0 radical (unpaired) electrons.